The van der Waals surface area contributed by atoms with Crippen molar-refractivity contribution >= 4 is 67.7 Å². The Kier molecular flexibility index (Phi) is 20.0. The van der Waals surface area contributed by atoms with E-state index < -0.39 is 0 Å². The number of nitrogens with zero attached hydrogens (tertiary/aromatic N) is 9. The number of hydrogen-bond acceptors (Lipinski definition) is 17. The lowest BCUT2D eigenvalue weighted by Crippen LogP contribution is -2.49. The number of rotatable bonds is 11. The van der Waals surface area contributed by atoms with Crippen LogP contribution in [0.4, 0.5) is 42.9 Å². The van der Waals surface area contributed by atoms with Crippen LogP contribution in [0.1, 0.15) is 27.2 Å². The fourth-order valence-electron chi connectivity index (χ4n) is 8.34. The number of aromatic nitrogens is 3. The number of thiazole rings is 3. The normalized spacial score (nSPS) is 16.8. The highest BCUT2D eigenvalue weighted by Gasteiger charge is 2.29. The van der Waals surface area contributed by atoms with Crippen LogP contribution in [0.3, 0.4) is 0 Å². The summed E-state index contributed by atoms with van der Waals surface area (Å²) < 4.78 is 67.8. The maximum Gasteiger partial charge on any atom is 0.410 e. The van der Waals surface area contributed by atoms with Crippen LogP contribution < -0.4 is 14.7 Å². The number of hydrogen-bond donors (Lipinski definition) is 0. The molecule has 4 aliphatic rings. The van der Waals surface area contributed by atoms with Crippen LogP contribution in [0, 0.1) is 22.9 Å². The molecule has 23 heteroatoms. The molecule has 3 amide bonds. The highest BCUT2D eigenvalue weighted by atomic mass is 32.1. The van der Waals surface area contributed by atoms with Crippen LogP contribution in [-0.4, -0.2) is 173 Å². The minimum absolute atomic E-state index is 0.0402. The zero-order chi connectivity index (χ0) is 54.3. The Morgan fingerprint density at radius 2 is 0.935 bits per heavy atom. The van der Waals surface area contributed by atoms with Gasteiger partial charge in [0.25, 0.3) is 0 Å². The second kappa shape index (κ2) is 27.2. The lowest BCUT2D eigenvalue weighted by atomic mass is 9.99. The average molecular weight is 1120 g/mol. The third-order valence-corrected chi connectivity index (χ3v) is 15.4. The molecule has 10 rings (SSSR count). The molecule has 4 fully saturated rings. The van der Waals surface area contributed by atoms with Gasteiger partial charge in [0, 0.05) is 125 Å². The van der Waals surface area contributed by atoms with Gasteiger partial charge in [0.2, 0.25) is 0 Å². The van der Waals surface area contributed by atoms with Gasteiger partial charge < -0.3 is 53.1 Å². The zero-order valence-corrected chi connectivity index (χ0v) is 46.1. The predicted octanol–water partition coefficient (Wildman–Crippen LogP) is 10.1. The molecule has 77 heavy (non-hydrogen) atoms. The average Bonchev–Trinajstić information content (AvgIpc) is 4.31. The molecule has 0 N–H and O–H groups in total. The molecular formula is C54H64F3N9O8S3. The number of anilines is 3. The first kappa shape index (κ1) is 56.7. The summed E-state index contributed by atoms with van der Waals surface area (Å²) >= 11 is 4.47. The Morgan fingerprint density at radius 3 is 1.29 bits per heavy atom. The van der Waals surface area contributed by atoms with E-state index in [1.54, 1.807) is 76.4 Å². The SMILES string of the molecule is CC(C)(C)COC(=O)N1CCN(c2nc(-c3ccccc3F)cs2)CC1.COCCOC(=O)N1CCN(c2nc(-c3ccccc3F)cs2)CC1.O=C(OC1CCOC1)N1CCN(c2nc(-c3ccccc3F)cs2)CC1. The van der Waals surface area contributed by atoms with Gasteiger partial charge in [-0.3, -0.25) is 0 Å². The van der Waals surface area contributed by atoms with E-state index in [0.717, 1.165) is 21.8 Å². The monoisotopic (exact) mass is 1120 g/mol. The first-order valence-corrected chi connectivity index (χ1v) is 28.1. The van der Waals surface area contributed by atoms with Crippen LogP contribution >= 0.6 is 34.0 Å². The van der Waals surface area contributed by atoms with Gasteiger partial charge in [-0.15, -0.1) is 34.0 Å². The van der Waals surface area contributed by atoms with Gasteiger partial charge in [-0.05, 0) is 41.8 Å². The number of piperazine rings is 3. The quantitative estimate of drug-likeness (QED) is 0.0892. The molecule has 6 aromatic rings. The van der Waals surface area contributed by atoms with E-state index in [9.17, 15) is 27.6 Å². The van der Waals surface area contributed by atoms with Gasteiger partial charge in [0.1, 0.15) is 30.2 Å². The molecule has 4 saturated heterocycles. The van der Waals surface area contributed by atoms with Crippen molar-refractivity contribution in [3.63, 3.8) is 0 Å². The number of benzene rings is 3. The summed E-state index contributed by atoms with van der Waals surface area (Å²) in [5.41, 5.74) is 3.42. The van der Waals surface area contributed by atoms with Crippen molar-refractivity contribution in [3.8, 4) is 33.8 Å². The van der Waals surface area contributed by atoms with Crippen LogP contribution in [0.2, 0.25) is 0 Å². The molecule has 1 atom stereocenters. The van der Waals surface area contributed by atoms with E-state index in [0.29, 0.717) is 139 Å². The Bertz CT molecular complexity index is 2860. The molecule has 3 aromatic heterocycles. The Balaban J connectivity index is 0.000000153. The third kappa shape index (κ3) is 15.8. The summed E-state index contributed by atoms with van der Waals surface area (Å²) in [5.74, 6) is -0.813. The molecule has 0 radical (unpaired) electrons. The van der Waals surface area contributed by atoms with E-state index in [1.807, 2.05) is 36.9 Å². The largest absolute Gasteiger partial charge is 0.449 e. The van der Waals surface area contributed by atoms with Gasteiger partial charge in [-0.2, -0.15) is 0 Å². The molecule has 0 saturated carbocycles. The molecule has 0 spiro atoms. The Morgan fingerprint density at radius 1 is 0.558 bits per heavy atom. The molecule has 0 bridgehead atoms. The van der Waals surface area contributed by atoms with Crippen LogP contribution in [0.15, 0.2) is 88.9 Å². The summed E-state index contributed by atoms with van der Waals surface area (Å²) in [4.78, 5) is 61.4. The standard InChI is InChI=1S/C19H24FN3O2S.C18H20FN3O3S.C17H20FN3O3S/c1-19(2,3)13-25-18(24)23-10-8-22(9-11-23)17-21-16(12-26-17)14-6-4-5-7-15(14)20;19-15-4-2-1-3-14(15)16-12-26-17(20-16)21-6-8-22(9-7-21)18(23)25-13-5-10-24-11-13;1-23-10-11-24-17(22)21-8-6-20(7-9-21)16-19-15(12-25-16)13-4-2-3-5-14(13)18/h4-7,12H,8-11,13H2,1-3H3;1-4,12-13H,5-11H2;2-5,12H,6-11H2,1H3. The number of halogens is 3. The molecule has 7 heterocycles. The highest BCUT2D eigenvalue weighted by Crippen LogP contribution is 2.33. The van der Waals surface area contributed by atoms with Crippen molar-refractivity contribution in [2.45, 2.75) is 33.3 Å². The second-order valence-corrected chi connectivity index (χ2v) is 22.0. The van der Waals surface area contributed by atoms with Gasteiger partial charge in [0.15, 0.2) is 15.4 Å². The first-order chi connectivity index (χ1) is 37.2. The number of carbonyl (C=O) groups is 3. The number of amides is 3. The summed E-state index contributed by atoms with van der Waals surface area (Å²) in [5, 5.41) is 8.14. The summed E-state index contributed by atoms with van der Waals surface area (Å²) in [6.07, 6.45) is -0.202. The second-order valence-electron chi connectivity index (χ2n) is 19.5. The molecule has 0 aliphatic carbocycles. The van der Waals surface area contributed by atoms with Crippen molar-refractivity contribution in [2.75, 3.05) is 133 Å². The highest BCUT2D eigenvalue weighted by molar-refractivity contribution is 7.14. The van der Waals surface area contributed by atoms with Crippen LogP contribution in [-0.2, 0) is 23.7 Å². The molecule has 17 nitrogen and oxygen atoms in total. The van der Waals surface area contributed by atoms with Crippen LogP contribution in [0.5, 0.6) is 0 Å². The van der Waals surface area contributed by atoms with Crippen molar-refractivity contribution in [1.29, 1.82) is 0 Å². The smallest absolute Gasteiger partial charge is 0.410 e. The van der Waals surface area contributed by atoms with Gasteiger partial charge >= 0.3 is 18.3 Å². The van der Waals surface area contributed by atoms with Gasteiger partial charge in [-0.25, -0.2) is 42.5 Å². The first-order valence-electron chi connectivity index (χ1n) is 25.4. The zero-order valence-electron chi connectivity index (χ0n) is 43.6. The maximum atomic E-state index is 13.9. The van der Waals surface area contributed by atoms with E-state index in [4.69, 9.17) is 23.7 Å². The molecule has 412 valence electrons. The predicted molar refractivity (Wildman–Crippen MR) is 294 cm³/mol. The molecule has 1 unspecified atom stereocenters. The lowest BCUT2D eigenvalue weighted by Gasteiger charge is -2.34. The molecular weight excluding hydrogens is 1060 g/mol. The van der Waals surface area contributed by atoms with E-state index >= 15 is 0 Å². The topological polar surface area (TPSA) is 155 Å². The van der Waals surface area contributed by atoms with Crippen molar-refractivity contribution in [3.05, 3.63) is 106 Å². The van der Waals surface area contributed by atoms with Crippen molar-refractivity contribution in [2.24, 2.45) is 5.41 Å². The number of ether oxygens (including phenoxy) is 5. The summed E-state index contributed by atoms with van der Waals surface area (Å²) in [6, 6.07) is 19.9. The van der Waals surface area contributed by atoms with Crippen LogP contribution in [0.25, 0.3) is 33.8 Å². The molecule has 3 aromatic carbocycles. The minimum atomic E-state index is -0.317. The third-order valence-electron chi connectivity index (χ3n) is 12.6. The van der Waals surface area contributed by atoms with E-state index in [1.165, 1.54) is 52.2 Å². The lowest BCUT2D eigenvalue weighted by molar-refractivity contribution is 0.0534. The summed E-state index contributed by atoms with van der Waals surface area (Å²) in [7, 11) is 1.57. The van der Waals surface area contributed by atoms with E-state index in [2.05, 4.69) is 29.7 Å². The minimum Gasteiger partial charge on any atom is -0.449 e. The number of methoxy groups -OCH3 is 1. The fraction of sp³-hybridized carbons (Fsp3) is 0.444. The fourth-order valence-corrected chi connectivity index (χ4v) is 11.0. The summed E-state index contributed by atoms with van der Waals surface area (Å²) in [6.45, 7) is 15.9. The number of carbonyl (C=O) groups excluding carboxylic acids is 3. The van der Waals surface area contributed by atoms with E-state index in [-0.39, 0.29) is 53.9 Å². The Labute approximate surface area is 458 Å². The maximum absolute atomic E-state index is 13.9. The van der Waals surface area contributed by atoms with Gasteiger partial charge in [-0.1, -0.05) is 57.2 Å². The Hall–Kier alpha value is -6.53. The molecule has 4 aliphatic heterocycles. The van der Waals surface area contributed by atoms with Crippen molar-refractivity contribution < 1.29 is 51.2 Å². The van der Waals surface area contributed by atoms with Crippen molar-refractivity contribution in [1.82, 2.24) is 29.7 Å². The van der Waals surface area contributed by atoms with Gasteiger partial charge in [0.05, 0.1) is 43.5 Å².